The third-order valence-corrected chi connectivity index (χ3v) is 4.30. The predicted molar refractivity (Wildman–Crippen MR) is 113 cm³/mol. The van der Waals surface area contributed by atoms with Gasteiger partial charge in [-0.2, -0.15) is 5.10 Å². The molecule has 0 spiro atoms. The van der Waals surface area contributed by atoms with Crippen LogP contribution in [0, 0.1) is 11.6 Å². The second-order valence-electron chi connectivity index (χ2n) is 7.14. The fourth-order valence-corrected chi connectivity index (χ4v) is 2.81. The van der Waals surface area contributed by atoms with E-state index >= 15 is 0 Å². The maximum absolute atomic E-state index is 13.5. The lowest BCUT2D eigenvalue weighted by molar-refractivity contribution is 0.151. The number of hydrogen-bond acceptors (Lipinski definition) is 5. The number of carbonyl (C=O) groups excluding carboxylic acids is 1. The van der Waals surface area contributed by atoms with Crippen LogP contribution in [0.15, 0.2) is 59.4 Å². The van der Waals surface area contributed by atoms with Crippen molar-refractivity contribution in [3.8, 4) is 11.3 Å². The number of hydrogen-bond donors (Lipinski definition) is 1. The molecular weight excluding hydrogens is 406 g/mol. The Morgan fingerprint density at radius 1 is 1.10 bits per heavy atom. The Bertz CT molecular complexity index is 1110. The van der Waals surface area contributed by atoms with Crippen molar-refractivity contribution in [1.29, 1.82) is 0 Å². The van der Waals surface area contributed by atoms with Crippen LogP contribution in [0.25, 0.3) is 11.3 Å². The second kappa shape index (κ2) is 9.94. The lowest BCUT2D eigenvalue weighted by Crippen LogP contribution is -2.23. The van der Waals surface area contributed by atoms with Crippen molar-refractivity contribution in [2.45, 2.75) is 6.54 Å². The van der Waals surface area contributed by atoms with Gasteiger partial charge in [-0.25, -0.2) is 18.3 Å². The van der Waals surface area contributed by atoms with E-state index in [-0.39, 0.29) is 30.0 Å². The molecule has 3 rings (SSSR count). The molecule has 2 aromatic carbocycles. The number of nitrogens with one attached hydrogen (secondary N) is 1. The summed E-state index contributed by atoms with van der Waals surface area (Å²) in [6, 6.07) is 12.6. The molecule has 0 radical (unpaired) electrons. The lowest BCUT2D eigenvalue weighted by atomic mass is 10.1. The van der Waals surface area contributed by atoms with E-state index in [0.717, 1.165) is 18.2 Å². The summed E-state index contributed by atoms with van der Waals surface area (Å²) in [6.45, 7) is 0.967. The van der Waals surface area contributed by atoms with Crippen LogP contribution in [-0.4, -0.2) is 48.0 Å². The zero-order valence-electron chi connectivity index (χ0n) is 17.1. The molecule has 1 aromatic heterocycles. The van der Waals surface area contributed by atoms with Crippen LogP contribution in [0.5, 0.6) is 0 Å². The van der Waals surface area contributed by atoms with Gasteiger partial charge in [-0.05, 0) is 50.0 Å². The number of carbonyl (C=O) groups is 1. The SMILES string of the molecule is CN(C)CCOC(=O)Nc1cccc(Cn2nc(-c3cc(F)cc(F)c3)ccc2=O)c1. The van der Waals surface area contributed by atoms with Crippen molar-refractivity contribution in [3.05, 3.63) is 82.1 Å². The number of rotatable bonds is 7. The Labute approximate surface area is 177 Å². The first-order valence-corrected chi connectivity index (χ1v) is 9.52. The Morgan fingerprint density at radius 2 is 1.84 bits per heavy atom. The van der Waals surface area contributed by atoms with Crippen molar-refractivity contribution >= 4 is 11.8 Å². The van der Waals surface area contributed by atoms with Gasteiger partial charge in [-0.3, -0.25) is 10.1 Å². The van der Waals surface area contributed by atoms with Crippen LogP contribution in [-0.2, 0) is 11.3 Å². The Morgan fingerprint density at radius 3 is 2.55 bits per heavy atom. The summed E-state index contributed by atoms with van der Waals surface area (Å²) < 4.78 is 33.3. The molecule has 0 aliphatic carbocycles. The zero-order chi connectivity index (χ0) is 22.4. The number of anilines is 1. The minimum absolute atomic E-state index is 0.107. The van der Waals surface area contributed by atoms with E-state index in [0.29, 0.717) is 17.8 Å². The summed E-state index contributed by atoms with van der Waals surface area (Å²) in [5.74, 6) is -1.46. The molecule has 7 nitrogen and oxygen atoms in total. The van der Waals surface area contributed by atoms with Crippen LogP contribution in [0.4, 0.5) is 19.3 Å². The van der Waals surface area contributed by atoms with E-state index in [1.165, 1.54) is 16.8 Å². The first kappa shape index (κ1) is 22.1. The van der Waals surface area contributed by atoms with Gasteiger partial charge in [0.05, 0.1) is 12.2 Å². The van der Waals surface area contributed by atoms with Gasteiger partial charge in [-0.1, -0.05) is 12.1 Å². The van der Waals surface area contributed by atoms with Crippen molar-refractivity contribution < 1.29 is 18.3 Å². The number of halogens is 2. The third kappa shape index (κ3) is 6.45. The maximum Gasteiger partial charge on any atom is 0.411 e. The highest BCUT2D eigenvalue weighted by atomic mass is 19.1. The predicted octanol–water partition coefficient (Wildman–Crippen LogP) is 3.35. The molecule has 0 aliphatic rings. The first-order valence-electron chi connectivity index (χ1n) is 9.52. The van der Waals surface area contributed by atoms with Crippen molar-refractivity contribution in [1.82, 2.24) is 14.7 Å². The van der Waals surface area contributed by atoms with E-state index in [9.17, 15) is 18.4 Å². The van der Waals surface area contributed by atoms with Crippen LogP contribution in [0.3, 0.4) is 0 Å². The molecule has 1 N–H and O–H groups in total. The average molecular weight is 428 g/mol. The Balaban J connectivity index is 1.74. The molecule has 31 heavy (non-hydrogen) atoms. The monoisotopic (exact) mass is 428 g/mol. The van der Waals surface area contributed by atoms with Gasteiger partial charge in [0.2, 0.25) is 0 Å². The molecule has 162 valence electrons. The molecule has 0 aliphatic heterocycles. The van der Waals surface area contributed by atoms with Gasteiger partial charge in [0.15, 0.2) is 0 Å². The number of aromatic nitrogens is 2. The molecule has 0 bridgehead atoms. The summed E-state index contributed by atoms with van der Waals surface area (Å²) >= 11 is 0. The van der Waals surface area contributed by atoms with Gasteiger partial charge >= 0.3 is 6.09 Å². The number of benzene rings is 2. The summed E-state index contributed by atoms with van der Waals surface area (Å²) in [5.41, 5.74) is 1.31. The van der Waals surface area contributed by atoms with Gasteiger partial charge in [0.25, 0.3) is 5.56 Å². The topological polar surface area (TPSA) is 76.5 Å². The number of likely N-dealkylation sites (N-methyl/N-ethyl adjacent to an activating group) is 1. The van der Waals surface area contributed by atoms with Crippen molar-refractivity contribution in [2.24, 2.45) is 0 Å². The minimum Gasteiger partial charge on any atom is -0.448 e. The summed E-state index contributed by atoms with van der Waals surface area (Å²) in [4.78, 5) is 26.0. The Kier molecular flexibility index (Phi) is 7.09. The summed E-state index contributed by atoms with van der Waals surface area (Å²) in [6.07, 6.45) is -0.579. The third-order valence-electron chi connectivity index (χ3n) is 4.30. The van der Waals surface area contributed by atoms with Crippen LogP contribution >= 0.6 is 0 Å². The highest BCUT2D eigenvalue weighted by Gasteiger charge is 2.09. The number of ether oxygens (including phenoxy) is 1. The smallest absolute Gasteiger partial charge is 0.411 e. The van der Waals surface area contributed by atoms with Gasteiger partial charge in [-0.15, -0.1) is 0 Å². The lowest BCUT2D eigenvalue weighted by Gasteiger charge is -2.12. The quantitative estimate of drug-likeness (QED) is 0.625. The summed E-state index contributed by atoms with van der Waals surface area (Å²) in [5, 5.41) is 6.86. The van der Waals surface area contributed by atoms with Gasteiger partial charge in [0.1, 0.15) is 18.2 Å². The molecule has 0 unspecified atom stereocenters. The fraction of sp³-hybridized carbons (Fsp3) is 0.227. The molecule has 3 aromatic rings. The highest BCUT2D eigenvalue weighted by Crippen LogP contribution is 2.19. The van der Waals surface area contributed by atoms with Gasteiger partial charge in [0, 0.05) is 29.9 Å². The molecular formula is C22H22F2N4O3. The Hall–Kier alpha value is -3.59. The number of nitrogens with zero attached hydrogens (tertiary/aromatic N) is 3. The molecule has 1 amide bonds. The maximum atomic E-state index is 13.5. The van der Waals surface area contributed by atoms with Gasteiger partial charge < -0.3 is 9.64 Å². The van der Waals surface area contributed by atoms with Crippen LogP contribution in [0.2, 0.25) is 0 Å². The van der Waals surface area contributed by atoms with E-state index in [1.807, 2.05) is 19.0 Å². The number of amides is 1. The van der Waals surface area contributed by atoms with Crippen LogP contribution < -0.4 is 10.9 Å². The first-order chi connectivity index (χ1) is 14.8. The molecule has 0 saturated heterocycles. The minimum atomic E-state index is -0.731. The molecule has 1 heterocycles. The fourth-order valence-electron chi connectivity index (χ4n) is 2.81. The zero-order valence-corrected chi connectivity index (χ0v) is 17.1. The van der Waals surface area contributed by atoms with E-state index in [4.69, 9.17) is 4.74 Å². The average Bonchev–Trinajstić information content (AvgIpc) is 2.69. The van der Waals surface area contributed by atoms with E-state index in [2.05, 4.69) is 10.4 Å². The van der Waals surface area contributed by atoms with Crippen molar-refractivity contribution in [2.75, 3.05) is 32.6 Å². The van der Waals surface area contributed by atoms with E-state index < -0.39 is 17.7 Å². The molecule has 0 atom stereocenters. The van der Waals surface area contributed by atoms with Crippen molar-refractivity contribution in [3.63, 3.8) is 0 Å². The highest BCUT2D eigenvalue weighted by molar-refractivity contribution is 5.84. The van der Waals surface area contributed by atoms with E-state index in [1.54, 1.807) is 24.3 Å². The molecule has 0 fully saturated rings. The van der Waals surface area contributed by atoms with Crippen LogP contribution in [0.1, 0.15) is 5.56 Å². The molecule has 0 saturated carbocycles. The standard InChI is InChI=1S/C22H22F2N4O3/c1-27(2)8-9-31-22(30)25-19-5-3-4-15(10-19)14-28-21(29)7-6-20(26-28)16-11-17(23)13-18(24)12-16/h3-7,10-13H,8-9,14H2,1-2H3,(H,25,30). The summed E-state index contributed by atoms with van der Waals surface area (Å²) in [7, 11) is 3.75. The normalized spacial score (nSPS) is 10.9. The molecule has 9 heteroatoms. The second-order valence-corrected chi connectivity index (χ2v) is 7.14. The largest absolute Gasteiger partial charge is 0.448 e.